The summed E-state index contributed by atoms with van der Waals surface area (Å²) in [6.45, 7) is 8.22. The summed E-state index contributed by atoms with van der Waals surface area (Å²) in [5, 5.41) is 5.47. The fourth-order valence-corrected chi connectivity index (χ4v) is 3.91. The zero-order valence-electron chi connectivity index (χ0n) is 17.8. The van der Waals surface area contributed by atoms with Crippen molar-refractivity contribution in [3.63, 3.8) is 0 Å². The fourth-order valence-electron chi connectivity index (χ4n) is 3.23. The van der Waals surface area contributed by atoms with Crippen molar-refractivity contribution in [1.29, 1.82) is 0 Å². The van der Waals surface area contributed by atoms with Crippen LogP contribution in [0.1, 0.15) is 38.4 Å². The smallest absolute Gasteiger partial charge is 0.419 e. The zero-order chi connectivity index (χ0) is 22.6. The molecule has 2 aromatic heterocycles. The lowest BCUT2D eigenvalue weighted by molar-refractivity contribution is -0.139. The van der Waals surface area contributed by atoms with Crippen molar-refractivity contribution in [3.8, 4) is 17.0 Å². The Morgan fingerprint density at radius 1 is 1.13 bits per heavy atom. The van der Waals surface area contributed by atoms with Crippen LogP contribution < -0.4 is 10.1 Å². The maximum Gasteiger partial charge on any atom is 0.419 e. The van der Waals surface area contributed by atoms with Gasteiger partial charge in [0.1, 0.15) is 5.75 Å². The van der Waals surface area contributed by atoms with E-state index in [9.17, 15) is 13.2 Å². The van der Waals surface area contributed by atoms with Crippen LogP contribution in [0.15, 0.2) is 35.8 Å². The standard InChI is InChI=1S/C22H25F3N4OS/c1-13(2)9-14(3)11-30-19-6-5-16(10-17(19)22(23,24)25)18-7-8-26-20(28-18)29-21-27-15(4)12-31-21/h5-8,10,12-14H,9,11H2,1-4H3,(H,26,27,28,29)/t14-/m1/s1. The average molecular weight is 451 g/mol. The molecule has 0 aliphatic carbocycles. The molecule has 5 nitrogen and oxygen atoms in total. The van der Waals surface area contributed by atoms with Crippen LogP contribution in [0, 0.1) is 18.8 Å². The number of nitrogens with zero attached hydrogens (tertiary/aromatic N) is 3. The lowest BCUT2D eigenvalue weighted by Crippen LogP contribution is -2.14. The summed E-state index contributed by atoms with van der Waals surface area (Å²) in [5.74, 6) is 0.712. The van der Waals surface area contributed by atoms with Gasteiger partial charge in [-0.15, -0.1) is 11.3 Å². The third-order valence-electron chi connectivity index (χ3n) is 4.47. The molecule has 1 aromatic carbocycles. The molecule has 0 saturated carbocycles. The van der Waals surface area contributed by atoms with Crippen LogP contribution in [-0.2, 0) is 6.18 Å². The summed E-state index contributed by atoms with van der Waals surface area (Å²) in [5.41, 5.74) is 0.744. The molecule has 0 bridgehead atoms. The van der Waals surface area contributed by atoms with Crippen LogP contribution >= 0.6 is 11.3 Å². The highest BCUT2D eigenvalue weighted by molar-refractivity contribution is 7.13. The maximum absolute atomic E-state index is 13.7. The van der Waals surface area contributed by atoms with Crippen molar-refractivity contribution >= 4 is 22.4 Å². The van der Waals surface area contributed by atoms with Crippen molar-refractivity contribution < 1.29 is 17.9 Å². The zero-order valence-corrected chi connectivity index (χ0v) is 18.6. The highest BCUT2D eigenvalue weighted by atomic mass is 32.1. The summed E-state index contributed by atoms with van der Waals surface area (Å²) < 4.78 is 46.7. The van der Waals surface area contributed by atoms with Crippen LogP contribution in [0.4, 0.5) is 24.3 Å². The van der Waals surface area contributed by atoms with Crippen molar-refractivity contribution in [2.24, 2.45) is 11.8 Å². The summed E-state index contributed by atoms with van der Waals surface area (Å²) in [6, 6.07) is 5.58. The molecule has 0 radical (unpaired) electrons. The number of halogens is 3. The first-order valence-electron chi connectivity index (χ1n) is 9.98. The van der Waals surface area contributed by atoms with Gasteiger partial charge in [-0.05, 0) is 49.4 Å². The molecule has 0 unspecified atom stereocenters. The van der Waals surface area contributed by atoms with E-state index in [0.717, 1.165) is 18.2 Å². The summed E-state index contributed by atoms with van der Waals surface area (Å²) in [7, 11) is 0. The van der Waals surface area contributed by atoms with Crippen LogP contribution in [0.5, 0.6) is 5.75 Å². The molecule has 0 aliphatic heterocycles. The first-order valence-corrected chi connectivity index (χ1v) is 10.9. The van der Waals surface area contributed by atoms with Gasteiger partial charge >= 0.3 is 6.18 Å². The van der Waals surface area contributed by atoms with Gasteiger partial charge in [0.05, 0.1) is 23.6 Å². The Hall–Kier alpha value is -2.68. The van der Waals surface area contributed by atoms with Crippen LogP contribution in [0.25, 0.3) is 11.3 Å². The molecule has 1 atom stereocenters. The molecular formula is C22H25F3N4OS. The molecular weight excluding hydrogens is 425 g/mol. The largest absolute Gasteiger partial charge is 0.493 e. The van der Waals surface area contributed by atoms with Crippen LogP contribution in [0.2, 0.25) is 0 Å². The predicted octanol–water partition coefficient (Wildman–Crippen LogP) is 6.73. The molecule has 3 rings (SSSR count). The molecule has 0 spiro atoms. The van der Waals surface area contributed by atoms with Gasteiger partial charge in [-0.25, -0.2) is 15.0 Å². The van der Waals surface area contributed by atoms with E-state index in [2.05, 4.69) is 34.1 Å². The van der Waals surface area contributed by atoms with Gasteiger partial charge in [-0.2, -0.15) is 13.2 Å². The number of ether oxygens (including phenoxy) is 1. The number of benzene rings is 1. The predicted molar refractivity (Wildman–Crippen MR) is 117 cm³/mol. The fraction of sp³-hybridized carbons (Fsp3) is 0.409. The molecule has 0 fully saturated rings. The Morgan fingerprint density at radius 2 is 1.90 bits per heavy atom. The average Bonchev–Trinajstić information content (AvgIpc) is 3.10. The van der Waals surface area contributed by atoms with Crippen molar-refractivity contribution in [2.75, 3.05) is 11.9 Å². The minimum Gasteiger partial charge on any atom is -0.493 e. The topological polar surface area (TPSA) is 59.9 Å². The number of aryl methyl sites for hydroxylation is 1. The van der Waals surface area contributed by atoms with Crippen molar-refractivity contribution in [3.05, 3.63) is 47.1 Å². The summed E-state index contributed by atoms with van der Waals surface area (Å²) in [6.07, 6.45) is -2.16. The number of hydrogen-bond donors (Lipinski definition) is 1. The van der Waals surface area contributed by atoms with E-state index in [1.54, 1.807) is 12.1 Å². The van der Waals surface area contributed by atoms with Crippen molar-refractivity contribution in [1.82, 2.24) is 15.0 Å². The minimum absolute atomic E-state index is 0.158. The number of alkyl halides is 3. The summed E-state index contributed by atoms with van der Waals surface area (Å²) >= 11 is 1.40. The minimum atomic E-state index is -4.54. The second-order valence-corrected chi connectivity index (χ2v) is 8.80. The molecule has 2 heterocycles. The van der Waals surface area contributed by atoms with Gasteiger partial charge in [0.2, 0.25) is 5.95 Å². The number of rotatable bonds is 8. The van der Waals surface area contributed by atoms with Gasteiger partial charge in [-0.3, -0.25) is 0 Å². The normalized spacial score (nSPS) is 12.8. The molecule has 0 amide bonds. The molecule has 0 saturated heterocycles. The Labute approximate surface area is 183 Å². The number of aromatic nitrogens is 3. The van der Waals surface area contributed by atoms with Gasteiger partial charge in [0.25, 0.3) is 0 Å². The van der Waals surface area contributed by atoms with E-state index < -0.39 is 11.7 Å². The maximum atomic E-state index is 13.7. The second kappa shape index (κ2) is 9.64. The molecule has 9 heteroatoms. The highest BCUT2D eigenvalue weighted by Crippen LogP contribution is 2.39. The molecule has 0 aliphatic rings. The quantitative estimate of drug-likeness (QED) is 0.412. The van der Waals surface area contributed by atoms with E-state index in [-0.39, 0.29) is 24.2 Å². The van der Waals surface area contributed by atoms with Gasteiger partial charge in [-0.1, -0.05) is 20.8 Å². The van der Waals surface area contributed by atoms with E-state index in [1.165, 1.54) is 23.6 Å². The Kier molecular flexibility index (Phi) is 7.15. The van der Waals surface area contributed by atoms with E-state index in [1.807, 2.05) is 19.2 Å². The Morgan fingerprint density at radius 3 is 2.55 bits per heavy atom. The van der Waals surface area contributed by atoms with Crippen LogP contribution in [0.3, 0.4) is 0 Å². The van der Waals surface area contributed by atoms with E-state index in [4.69, 9.17) is 4.74 Å². The third-order valence-corrected chi connectivity index (χ3v) is 5.35. The first kappa shape index (κ1) is 23.0. The molecule has 31 heavy (non-hydrogen) atoms. The molecule has 3 aromatic rings. The summed E-state index contributed by atoms with van der Waals surface area (Å²) in [4.78, 5) is 12.8. The Bertz CT molecular complexity index is 1020. The first-order chi connectivity index (χ1) is 14.6. The lowest BCUT2D eigenvalue weighted by Gasteiger charge is -2.19. The number of hydrogen-bond acceptors (Lipinski definition) is 6. The third kappa shape index (κ3) is 6.40. The number of thiazole rings is 1. The van der Waals surface area contributed by atoms with Crippen molar-refractivity contribution in [2.45, 2.75) is 40.3 Å². The second-order valence-electron chi connectivity index (χ2n) is 7.94. The highest BCUT2D eigenvalue weighted by Gasteiger charge is 2.35. The van der Waals surface area contributed by atoms with Gasteiger partial charge in [0.15, 0.2) is 5.13 Å². The van der Waals surface area contributed by atoms with Gasteiger partial charge < -0.3 is 10.1 Å². The van der Waals surface area contributed by atoms with E-state index >= 15 is 0 Å². The van der Waals surface area contributed by atoms with E-state index in [0.29, 0.717) is 22.3 Å². The monoisotopic (exact) mass is 450 g/mol. The lowest BCUT2D eigenvalue weighted by atomic mass is 10.00. The number of anilines is 2. The molecule has 166 valence electrons. The molecule has 1 N–H and O–H groups in total. The SMILES string of the molecule is Cc1csc(Nc2nccc(-c3ccc(OC[C@H](C)CC(C)C)c(C(F)(F)F)c3)n2)n1. The van der Waals surface area contributed by atoms with Gasteiger partial charge in [0, 0.05) is 17.1 Å². The number of nitrogens with one attached hydrogen (secondary N) is 1. The Balaban J connectivity index is 1.84. The van der Waals surface area contributed by atoms with Crippen LogP contribution in [-0.4, -0.2) is 21.6 Å².